The third kappa shape index (κ3) is 2.94. The highest BCUT2D eigenvalue weighted by Gasteiger charge is 2.12. The van der Waals surface area contributed by atoms with E-state index in [1.165, 1.54) is 18.2 Å². The number of benzene rings is 1. The molecule has 80 valence electrons. The lowest BCUT2D eigenvalue weighted by atomic mass is 10.0. The van der Waals surface area contributed by atoms with Crippen molar-refractivity contribution in [1.82, 2.24) is 5.43 Å². The molecule has 0 aliphatic heterocycles. The van der Waals surface area contributed by atoms with Gasteiger partial charge in [0.2, 0.25) is 0 Å². The topological polar surface area (TPSA) is 64.1 Å². The summed E-state index contributed by atoms with van der Waals surface area (Å²) < 4.78 is 13.0. The fraction of sp³-hybridized carbons (Fsp3) is 0.273. The van der Waals surface area contributed by atoms with Crippen molar-refractivity contribution in [2.75, 3.05) is 5.73 Å². The Morgan fingerprint density at radius 2 is 2.27 bits per heavy atom. The normalized spacial score (nSPS) is 11.7. The van der Waals surface area contributed by atoms with Crippen LogP contribution in [-0.4, -0.2) is 0 Å². The van der Waals surface area contributed by atoms with Gasteiger partial charge in [-0.3, -0.25) is 11.3 Å². The van der Waals surface area contributed by atoms with Crippen LogP contribution < -0.4 is 17.0 Å². The molecule has 5 N–H and O–H groups in total. The van der Waals surface area contributed by atoms with Crippen LogP contribution in [0.15, 0.2) is 18.2 Å². The first-order valence-electron chi connectivity index (χ1n) is 4.59. The molecule has 0 heterocycles. The molecular formula is C11H14FN3. The summed E-state index contributed by atoms with van der Waals surface area (Å²) in [6.45, 7) is 1.74. The van der Waals surface area contributed by atoms with E-state index in [1.807, 2.05) is 0 Å². The largest absolute Gasteiger partial charge is 0.398 e. The quantitative estimate of drug-likeness (QED) is 0.303. The van der Waals surface area contributed by atoms with Crippen LogP contribution in [0, 0.1) is 17.7 Å². The zero-order chi connectivity index (χ0) is 11.3. The number of rotatable bonds is 3. The number of halogens is 1. The van der Waals surface area contributed by atoms with Gasteiger partial charge in [0.25, 0.3) is 0 Å². The van der Waals surface area contributed by atoms with Crippen LogP contribution in [0.1, 0.15) is 24.9 Å². The molecule has 3 nitrogen and oxygen atoms in total. The zero-order valence-corrected chi connectivity index (χ0v) is 8.55. The average molecular weight is 207 g/mol. The Balaban J connectivity index is 2.98. The van der Waals surface area contributed by atoms with E-state index >= 15 is 0 Å². The van der Waals surface area contributed by atoms with Crippen molar-refractivity contribution in [1.29, 1.82) is 0 Å². The first-order valence-corrected chi connectivity index (χ1v) is 4.59. The van der Waals surface area contributed by atoms with Crippen molar-refractivity contribution in [3.63, 3.8) is 0 Å². The monoisotopic (exact) mass is 207 g/mol. The second-order valence-electron chi connectivity index (χ2n) is 3.12. The summed E-state index contributed by atoms with van der Waals surface area (Å²) >= 11 is 0. The molecular weight excluding hydrogens is 193 g/mol. The van der Waals surface area contributed by atoms with E-state index in [0.29, 0.717) is 17.7 Å². The van der Waals surface area contributed by atoms with Crippen molar-refractivity contribution in [3.8, 4) is 11.8 Å². The van der Waals surface area contributed by atoms with Crippen LogP contribution in [0.5, 0.6) is 0 Å². The lowest BCUT2D eigenvalue weighted by molar-refractivity contribution is 0.560. The van der Waals surface area contributed by atoms with E-state index in [1.54, 1.807) is 6.92 Å². The van der Waals surface area contributed by atoms with Crippen LogP contribution in [-0.2, 0) is 0 Å². The summed E-state index contributed by atoms with van der Waals surface area (Å²) in [4.78, 5) is 0. The highest BCUT2D eigenvalue weighted by Crippen LogP contribution is 2.23. The van der Waals surface area contributed by atoms with Gasteiger partial charge in [0.1, 0.15) is 5.82 Å². The molecule has 1 atom stereocenters. The summed E-state index contributed by atoms with van der Waals surface area (Å²) in [5, 5.41) is 0. The van der Waals surface area contributed by atoms with E-state index in [4.69, 9.17) is 11.6 Å². The number of hydrazine groups is 1. The first kappa shape index (κ1) is 11.5. The number of nitrogen functional groups attached to an aromatic ring is 1. The Morgan fingerprint density at radius 1 is 1.53 bits per heavy atom. The second kappa shape index (κ2) is 5.35. The maximum Gasteiger partial charge on any atom is 0.123 e. The van der Waals surface area contributed by atoms with Crippen LogP contribution >= 0.6 is 0 Å². The molecule has 1 unspecified atom stereocenters. The molecule has 1 aromatic carbocycles. The Bertz CT molecular complexity index is 393. The highest BCUT2D eigenvalue weighted by atomic mass is 19.1. The van der Waals surface area contributed by atoms with Gasteiger partial charge in [-0.25, -0.2) is 4.39 Å². The van der Waals surface area contributed by atoms with Gasteiger partial charge in [-0.2, -0.15) is 0 Å². The molecule has 0 bridgehead atoms. The van der Waals surface area contributed by atoms with Gasteiger partial charge in [-0.05, 0) is 30.7 Å². The molecule has 0 aliphatic rings. The standard InChI is InChI=1S/C11H14FN3/c1-2-3-4-11(15-14)9-7-8(12)5-6-10(9)13/h5-7,11,15H,4,13-14H2,1H3. The maximum atomic E-state index is 13.0. The van der Waals surface area contributed by atoms with E-state index < -0.39 is 0 Å². The lowest BCUT2D eigenvalue weighted by Gasteiger charge is -2.15. The van der Waals surface area contributed by atoms with Crippen molar-refractivity contribution in [2.24, 2.45) is 5.84 Å². The highest BCUT2D eigenvalue weighted by molar-refractivity contribution is 5.48. The van der Waals surface area contributed by atoms with Crippen molar-refractivity contribution >= 4 is 5.69 Å². The first-order chi connectivity index (χ1) is 7.19. The van der Waals surface area contributed by atoms with E-state index in [-0.39, 0.29) is 11.9 Å². The molecule has 0 radical (unpaired) electrons. The van der Waals surface area contributed by atoms with Gasteiger partial charge in [0.15, 0.2) is 0 Å². The summed E-state index contributed by atoms with van der Waals surface area (Å²) in [6, 6.07) is 3.97. The predicted molar refractivity (Wildman–Crippen MR) is 58.9 cm³/mol. The molecule has 0 amide bonds. The summed E-state index contributed by atoms with van der Waals surface area (Å²) in [7, 11) is 0. The smallest absolute Gasteiger partial charge is 0.123 e. The molecule has 0 aliphatic carbocycles. The van der Waals surface area contributed by atoms with Crippen LogP contribution in [0.2, 0.25) is 0 Å². The fourth-order valence-electron chi connectivity index (χ4n) is 1.31. The van der Waals surface area contributed by atoms with E-state index in [0.717, 1.165) is 0 Å². The van der Waals surface area contributed by atoms with Crippen molar-refractivity contribution in [2.45, 2.75) is 19.4 Å². The van der Waals surface area contributed by atoms with Gasteiger partial charge >= 0.3 is 0 Å². The SMILES string of the molecule is CC#CCC(NN)c1cc(F)ccc1N. The van der Waals surface area contributed by atoms with Crippen LogP contribution in [0.3, 0.4) is 0 Å². The number of nitrogens with one attached hydrogen (secondary N) is 1. The number of anilines is 1. The van der Waals surface area contributed by atoms with Gasteiger partial charge < -0.3 is 5.73 Å². The van der Waals surface area contributed by atoms with E-state index in [9.17, 15) is 4.39 Å². The minimum absolute atomic E-state index is 0.242. The molecule has 1 aromatic rings. The lowest BCUT2D eigenvalue weighted by Crippen LogP contribution is -2.28. The van der Waals surface area contributed by atoms with Gasteiger partial charge in [-0.1, -0.05) is 0 Å². The molecule has 0 aromatic heterocycles. The van der Waals surface area contributed by atoms with Crippen molar-refractivity contribution < 1.29 is 4.39 Å². The molecule has 0 saturated carbocycles. The predicted octanol–water partition coefficient (Wildman–Crippen LogP) is 1.33. The molecule has 4 heteroatoms. The minimum atomic E-state index is -0.330. The maximum absolute atomic E-state index is 13.0. The van der Waals surface area contributed by atoms with Crippen molar-refractivity contribution in [3.05, 3.63) is 29.6 Å². The summed E-state index contributed by atoms with van der Waals surface area (Å²) in [5.41, 5.74) is 9.45. The van der Waals surface area contributed by atoms with Crippen LogP contribution in [0.25, 0.3) is 0 Å². The molecule has 0 saturated heterocycles. The Morgan fingerprint density at radius 3 is 2.87 bits per heavy atom. The number of hydrogen-bond donors (Lipinski definition) is 3. The zero-order valence-electron chi connectivity index (χ0n) is 8.55. The number of hydrogen-bond acceptors (Lipinski definition) is 3. The van der Waals surface area contributed by atoms with Gasteiger partial charge in [-0.15, -0.1) is 11.8 Å². The van der Waals surface area contributed by atoms with Gasteiger partial charge in [0, 0.05) is 12.1 Å². The number of nitrogens with two attached hydrogens (primary N) is 2. The third-order valence-corrected chi connectivity index (χ3v) is 2.11. The average Bonchev–Trinajstić information content (AvgIpc) is 2.24. The van der Waals surface area contributed by atoms with E-state index in [2.05, 4.69) is 17.3 Å². The summed E-state index contributed by atoms with van der Waals surface area (Å²) in [6.07, 6.45) is 0.501. The van der Waals surface area contributed by atoms with Crippen LogP contribution in [0.4, 0.5) is 10.1 Å². The Labute approximate surface area is 88.6 Å². The fourth-order valence-corrected chi connectivity index (χ4v) is 1.31. The molecule has 0 fully saturated rings. The molecule has 1 rings (SSSR count). The Hall–Kier alpha value is -1.57. The summed E-state index contributed by atoms with van der Waals surface area (Å²) in [5.74, 6) is 10.7. The third-order valence-electron chi connectivity index (χ3n) is 2.11. The second-order valence-corrected chi connectivity index (χ2v) is 3.12. The Kier molecular flexibility index (Phi) is 4.10. The molecule has 15 heavy (non-hydrogen) atoms. The van der Waals surface area contributed by atoms with Gasteiger partial charge in [0.05, 0.1) is 6.04 Å². The minimum Gasteiger partial charge on any atom is -0.398 e. The molecule has 0 spiro atoms.